The second-order valence-electron chi connectivity index (χ2n) is 7.78. The van der Waals surface area contributed by atoms with E-state index in [9.17, 15) is 13.6 Å². The predicted molar refractivity (Wildman–Crippen MR) is 105 cm³/mol. The third-order valence-corrected chi connectivity index (χ3v) is 5.49. The van der Waals surface area contributed by atoms with Crippen molar-refractivity contribution in [1.29, 1.82) is 0 Å². The van der Waals surface area contributed by atoms with Gasteiger partial charge in [-0.1, -0.05) is 6.07 Å². The highest BCUT2D eigenvalue weighted by molar-refractivity contribution is 5.70. The maximum Gasteiger partial charge on any atom is 0.305 e. The first-order valence-electron chi connectivity index (χ1n) is 9.94. The van der Waals surface area contributed by atoms with E-state index in [1.165, 1.54) is 32.1 Å². The number of hydrogen-bond acceptors (Lipinski definition) is 5. The Kier molecular flexibility index (Phi) is 5.65. The Bertz CT molecular complexity index is 878. The van der Waals surface area contributed by atoms with Crippen molar-refractivity contribution >= 4 is 11.7 Å². The number of pyridine rings is 1. The molecule has 2 aliphatic rings. The molecule has 2 fully saturated rings. The van der Waals surface area contributed by atoms with Gasteiger partial charge in [0.05, 0.1) is 25.8 Å². The van der Waals surface area contributed by atoms with E-state index in [2.05, 4.69) is 9.72 Å². The van der Waals surface area contributed by atoms with E-state index in [0.717, 1.165) is 0 Å². The molecule has 1 saturated heterocycles. The van der Waals surface area contributed by atoms with Crippen LogP contribution < -0.4 is 9.64 Å². The van der Waals surface area contributed by atoms with Gasteiger partial charge in [-0.2, -0.15) is 0 Å². The molecule has 0 spiro atoms. The second kappa shape index (κ2) is 8.35. The van der Waals surface area contributed by atoms with Crippen LogP contribution >= 0.6 is 0 Å². The van der Waals surface area contributed by atoms with Crippen LogP contribution in [-0.4, -0.2) is 37.8 Å². The van der Waals surface area contributed by atoms with Crippen LogP contribution in [0.15, 0.2) is 30.3 Å². The summed E-state index contributed by atoms with van der Waals surface area (Å²) in [7, 11) is 1.34. The topological polar surface area (TPSA) is 51.7 Å². The summed E-state index contributed by atoms with van der Waals surface area (Å²) in [6.07, 6.45) is 3.30. The molecule has 1 saturated carbocycles. The van der Waals surface area contributed by atoms with Gasteiger partial charge in [-0.3, -0.25) is 4.79 Å². The first-order chi connectivity index (χ1) is 14.0. The Morgan fingerprint density at radius 3 is 2.62 bits per heavy atom. The van der Waals surface area contributed by atoms with Gasteiger partial charge in [0.25, 0.3) is 0 Å². The minimum atomic E-state index is -0.634. The fourth-order valence-corrected chi connectivity index (χ4v) is 3.68. The average Bonchev–Trinajstić information content (AvgIpc) is 3.44. The number of nitrogens with zero attached hydrogens (tertiary/aromatic N) is 2. The van der Waals surface area contributed by atoms with Crippen molar-refractivity contribution < 1.29 is 23.0 Å². The van der Waals surface area contributed by atoms with E-state index in [-0.39, 0.29) is 24.0 Å². The van der Waals surface area contributed by atoms with Crippen LogP contribution in [0.25, 0.3) is 11.3 Å². The Morgan fingerprint density at radius 2 is 1.93 bits per heavy atom. The molecule has 7 heteroatoms. The van der Waals surface area contributed by atoms with Gasteiger partial charge in [0.1, 0.15) is 17.3 Å². The molecular formula is C22H24F2N2O3. The molecule has 0 amide bonds. The predicted octanol–water partition coefficient (Wildman–Crippen LogP) is 4.21. The number of carbonyl (C=O) groups is 1. The molecule has 0 N–H and O–H groups in total. The van der Waals surface area contributed by atoms with Crippen LogP contribution in [0.4, 0.5) is 14.5 Å². The molecule has 5 nitrogen and oxygen atoms in total. The zero-order valence-electron chi connectivity index (χ0n) is 16.4. The van der Waals surface area contributed by atoms with Crippen molar-refractivity contribution in [3.63, 3.8) is 0 Å². The summed E-state index contributed by atoms with van der Waals surface area (Å²) < 4.78 is 40.0. The van der Waals surface area contributed by atoms with Gasteiger partial charge in [-0.25, -0.2) is 13.8 Å². The van der Waals surface area contributed by atoms with Crippen LogP contribution in [0, 0.1) is 23.5 Å². The molecule has 1 aromatic carbocycles. The SMILES string of the molecule is COC(=O)CC1CCN(c2c(F)cc(-c3cccc(OCC4CC4)n3)cc2F)C1. The average molecular weight is 402 g/mol. The summed E-state index contributed by atoms with van der Waals surface area (Å²) in [5.41, 5.74) is 0.779. The van der Waals surface area contributed by atoms with Crippen LogP contribution in [0.2, 0.25) is 0 Å². The molecule has 0 radical (unpaired) electrons. The number of rotatable bonds is 7. The summed E-state index contributed by atoms with van der Waals surface area (Å²) in [5, 5.41) is 0. The van der Waals surface area contributed by atoms with E-state index < -0.39 is 11.6 Å². The number of anilines is 1. The molecule has 29 heavy (non-hydrogen) atoms. The standard InChI is InChI=1S/C22H24F2N2O3/c1-28-21(27)9-15-7-8-26(12-15)22-17(23)10-16(11-18(22)24)19-3-2-4-20(25-19)29-13-14-5-6-14/h2-4,10-11,14-15H,5-9,12-13H2,1H3. The molecule has 154 valence electrons. The van der Waals surface area contributed by atoms with Gasteiger partial charge in [0, 0.05) is 24.7 Å². The van der Waals surface area contributed by atoms with Gasteiger partial charge in [-0.15, -0.1) is 0 Å². The lowest BCUT2D eigenvalue weighted by Crippen LogP contribution is -2.23. The second-order valence-corrected chi connectivity index (χ2v) is 7.78. The zero-order valence-corrected chi connectivity index (χ0v) is 16.4. The third-order valence-electron chi connectivity index (χ3n) is 5.49. The first-order valence-corrected chi connectivity index (χ1v) is 9.94. The highest BCUT2D eigenvalue weighted by Crippen LogP contribution is 2.34. The van der Waals surface area contributed by atoms with E-state index in [1.807, 2.05) is 0 Å². The number of carbonyl (C=O) groups excluding carboxylic acids is 1. The molecule has 1 unspecified atom stereocenters. The highest BCUT2D eigenvalue weighted by atomic mass is 19.1. The molecular weight excluding hydrogens is 378 g/mol. The zero-order chi connectivity index (χ0) is 20.4. The van der Waals surface area contributed by atoms with Gasteiger partial charge in [0.15, 0.2) is 0 Å². The molecule has 0 bridgehead atoms. The minimum Gasteiger partial charge on any atom is -0.477 e. The summed E-state index contributed by atoms with van der Waals surface area (Å²) >= 11 is 0. The minimum absolute atomic E-state index is 0.0305. The number of aromatic nitrogens is 1. The van der Waals surface area contributed by atoms with Crippen molar-refractivity contribution in [3.05, 3.63) is 42.0 Å². The number of esters is 1. The molecule has 4 rings (SSSR count). The summed E-state index contributed by atoms with van der Waals surface area (Å²) in [5.74, 6) is -0.483. The lowest BCUT2D eigenvalue weighted by atomic mass is 10.1. The molecule has 1 aromatic heterocycles. The van der Waals surface area contributed by atoms with Crippen LogP contribution in [0.1, 0.15) is 25.7 Å². The molecule has 2 heterocycles. The van der Waals surface area contributed by atoms with Crippen molar-refractivity contribution in [2.45, 2.75) is 25.7 Å². The molecule has 1 atom stereocenters. The van der Waals surface area contributed by atoms with E-state index in [1.54, 1.807) is 23.1 Å². The van der Waals surface area contributed by atoms with Gasteiger partial charge >= 0.3 is 5.97 Å². The van der Waals surface area contributed by atoms with Crippen molar-refractivity contribution in [3.8, 4) is 17.1 Å². The first kappa shape index (κ1) is 19.6. The molecule has 2 aromatic rings. The number of benzene rings is 1. The van der Waals surface area contributed by atoms with E-state index in [0.29, 0.717) is 49.2 Å². The molecule has 1 aliphatic carbocycles. The largest absolute Gasteiger partial charge is 0.477 e. The van der Waals surface area contributed by atoms with Crippen molar-refractivity contribution in [1.82, 2.24) is 4.98 Å². The van der Waals surface area contributed by atoms with Crippen LogP contribution in [0.5, 0.6) is 5.88 Å². The lowest BCUT2D eigenvalue weighted by molar-refractivity contribution is -0.141. The Hall–Kier alpha value is -2.70. The summed E-state index contributed by atoms with van der Waals surface area (Å²) in [6, 6.07) is 7.84. The Labute approximate surface area is 168 Å². The van der Waals surface area contributed by atoms with E-state index >= 15 is 0 Å². The highest BCUT2D eigenvalue weighted by Gasteiger charge is 2.29. The monoisotopic (exact) mass is 402 g/mol. The van der Waals surface area contributed by atoms with Crippen molar-refractivity contribution in [2.75, 3.05) is 31.7 Å². The maximum atomic E-state index is 14.8. The fourth-order valence-electron chi connectivity index (χ4n) is 3.68. The van der Waals surface area contributed by atoms with Crippen LogP contribution in [0.3, 0.4) is 0 Å². The van der Waals surface area contributed by atoms with E-state index in [4.69, 9.17) is 4.74 Å². The number of ether oxygens (including phenoxy) is 2. The fraction of sp³-hybridized carbons (Fsp3) is 0.455. The quantitative estimate of drug-likeness (QED) is 0.650. The number of methoxy groups -OCH3 is 1. The Balaban J connectivity index is 1.50. The normalized spacial score (nSPS) is 18.7. The summed E-state index contributed by atoms with van der Waals surface area (Å²) in [6.45, 7) is 1.54. The van der Waals surface area contributed by atoms with Crippen molar-refractivity contribution in [2.24, 2.45) is 11.8 Å². The molecule has 1 aliphatic heterocycles. The Morgan fingerprint density at radius 1 is 1.17 bits per heavy atom. The van der Waals surface area contributed by atoms with Crippen LogP contribution in [-0.2, 0) is 9.53 Å². The smallest absolute Gasteiger partial charge is 0.305 e. The van der Waals surface area contributed by atoms with Gasteiger partial charge in [0.2, 0.25) is 5.88 Å². The van der Waals surface area contributed by atoms with Gasteiger partial charge < -0.3 is 14.4 Å². The maximum absolute atomic E-state index is 14.8. The summed E-state index contributed by atoms with van der Waals surface area (Å²) in [4.78, 5) is 17.5. The number of halogens is 2. The third kappa shape index (κ3) is 4.66. The number of hydrogen-bond donors (Lipinski definition) is 0. The van der Waals surface area contributed by atoms with Gasteiger partial charge in [-0.05, 0) is 49.3 Å². The lowest BCUT2D eigenvalue weighted by Gasteiger charge is -2.20.